The average Bonchev–Trinajstić information content (AvgIpc) is 3.54. The SMILES string of the molecule is CCNC(=NCc1ccccc1OCC1CC1)NCC1CN2CCN1CC2. The average molecular weight is 372 g/mol. The Bertz CT molecular complexity index is 637. The molecule has 1 atom stereocenters. The van der Waals surface area contributed by atoms with Crippen LogP contribution in [0, 0.1) is 5.92 Å². The lowest BCUT2D eigenvalue weighted by Crippen LogP contribution is -2.63. The van der Waals surface area contributed by atoms with E-state index in [0.29, 0.717) is 12.6 Å². The maximum absolute atomic E-state index is 6.02. The van der Waals surface area contributed by atoms with Gasteiger partial charge in [0.2, 0.25) is 0 Å². The van der Waals surface area contributed by atoms with Gasteiger partial charge in [0.15, 0.2) is 5.96 Å². The van der Waals surface area contributed by atoms with E-state index in [-0.39, 0.29) is 0 Å². The topological polar surface area (TPSA) is 52.1 Å². The van der Waals surface area contributed by atoms with E-state index in [4.69, 9.17) is 9.73 Å². The van der Waals surface area contributed by atoms with Crippen LogP contribution >= 0.6 is 0 Å². The van der Waals surface area contributed by atoms with Crippen LogP contribution in [0.4, 0.5) is 0 Å². The number of guanidine groups is 1. The minimum atomic E-state index is 0.588. The summed E-state index contributed by atoms with van der Waals surface area (Å²) in [5.41, 5.74) is 1.15. The van der Waals surface area contributed by atoms with Crippen LogP contribution in [0.5, 0.6) is 5.75 Å². The van der Waals surface area contributed by atoms with Gasteiger partial charge in [0.25, 0.3) is 0 Å². The number of fused-ring (bicyclic) bond motifs is 3. The molecule has 1 aromatic rings. The van der Waals surface area contributed by atoms with Crippen LogP contribution in [0.25, 0.3) is 0 Å². The molecule has 0 amide bonds. The Morgan fingerprint density at radius 1 is 1.15 bits per heavy atom. The third kappa shape index (κ3) is 5.14. The second-order valence-electron chi connectivity index (χ2n) is 7.93. The highest BCUT2D eigenvalue weighted by atomic mass is 16.5. The molecule has 3 saturated heterocycles. The van der Waals surface area contributed by atoms with E-state index in [0.717, 1.165) is 42.9 Å². The van der Waals surface area contributed by atoms with Crippen LogP contribution in [-0.4, -0.2) is 74.2 Å². The molecule has 6 heteroatoms. The van der Waals surface area contributed by atoms with Crippen LogP contribution in [0.15, 0.2) is 29.3 Å². The zero-order valence-corrected chi connectivity index (χ0v) is 16.5. The van der Waals surface area contributed by atoms with E-state index >= 15 is 0 Å². The number of hydrogen-bond acceptors (Lipinski definition) is 4. The van der Waals surface area contributed by atoms with Crippen LogP contribution in [0.1, 0.15) is 25.3 Å². The molecule has 1 aromatic carbocycles. The van der Waals surface area contributed by atoms with Gasteiger partial charge in [-0.1, -0.05) is 18.2 Å². The smallest absolute Gasteiger partial charge is 0.191 e. The maximum Gasteiger partial charge on any atom is 0.191 e. The minimum absolute atomic E-state index is 0.588. The first-order chi connectivity index (χ1) is 13.3. The summed E-state index contributed by atoms with van der Waals surface area (Å²) in [7, 11) is 0. The van der Waals surface area contributed by atoms with Gasteiger partial charge >= 0.3 is 0 Å². The molecule has 2 bridgehead atoms. The molecule has 148 valence electrons. The molecule has 5 rings (SSSR count). The molecule has 4 aliphatic rings. The molecule has 1 unspecified atom stereocenters. The van der Waals surface area contributed by atoms with Gasteiger partial charge in [-0.15, -0.1) is 0 Å². The van der Waals surface area contributed by atoms with Crippen molar-refractivity contribution in [1.82, 2.24) is 20.4 Å². The fourth-order valence-electron chi connectivity index (χ4n) is 3.91. The third-order valence-corrected chi connectivity index (χ3v) is 5.79. The molecule has 1 saturated carbocycles. The van der Waals surface area contributed by atoms with Crippen molar-refractivity contribution in [1.29, 1.82) is 0 Å². The van der Waals surface area contributed by atoms with E-state index in [1.807, 2.05) is 6.07 Å². The fourth-order valence-corrected chi connectivity index (χ4v) is 3.91. The van der Waals surface area contributed by atoms with Crippen molar-refractivity contribution in [3.05, 3.63) is 29.8 Å². The monoisotopic (exact) mass is 371 g/mol. The van der Waals surface area contributed by atoms with E-state index in [1.54, 1.807) is 0 Å². The summed E-state index contributed by atoms with van der Waals surface area (Å²) in [5, 5.41) is 6.94. The molecule has 4 fully saturated rings. The van der Waals surface area contributed by atoms with Crippen molar-refractivity contribution in [3.63, 3.8) is 0 Å². The zero-order chi connectivity index (χ0) is 18.5. The number of rotatable bonds is 8. The van der Waals surface area contributed by atoms with Gasteiger partial charge in [-0.25, -0.2) is 4.99 Å². The van der Waals surface area contributed by atoms with Crippen molar-refractivity contribution in [2.75, 3.05) is 52.4 Å². The number of aliphatic imine (C=N–C) groups is 1. The van der Waals surface area contributed by atoms with Gasteiger partial charge in [-0.2, -0.15) is 0 Å². The Labute approximate surface area is 163 Å². The summed E-state index contributed by atoms with van der Waals surface area (Å²) in [6.07, 6.45) is 2.62. The molecule has 0 aromatic heterocycles. The summed E-state index contributed by atoms with van der Waals surface area (Å²) < 4.78 is 6.02. The number of nitrogens with zero attached hydrogens (tertiary/aromatic N) is 3. The lowest BCUT2D eigenvalue weighted by molar-refractivity contribution is 0.0154. The van der Waals surface area contributed by atoms with Crippen LogP contribution < -0.4 is 15.4 Å². The highest BCUT2D eigenvalue weighted by Crippen LogP contribution is 2.30. The largest absolute Gasteiger partial charge is 0.493 e. The van der Waals surface area contributed by atoms with Crippen molar-refractivity contribution in [3.8, 4) is 5.75 Å². The van der Waals surface area contributed by atoms with Gasteiger partial charge in [-0.3, -0.25) is 9.80 Å². The lowest BCUT2D eigenvalue weighted by atomic mass is 10.1. The quantitative estimate of drug-likeness (QED) is 0.536. The van der Waals surface area contributed by atoms with E-state index in [2.05, 4.69) is 45.6 Å². The summed E-state index contributed by atoms with van der Waals surface area (Å²) >= 11 is 0. The number of piperazine rings is 3. The highest BCUT2D eigenvalue weighted by molar-refractivity contribution is 5.79. The predicted octanol–water partition coefficient (Wildman–Crippen LogP) is 1.53. The highest BCUT2D eigenvalue weighted by Gasteiger charge is 2.31. The first-order valence-electron chi connectivity index (χ1n) is 10.5. The zero-order valence-electron chi connectivity index (χ0n) is 16.5. The first-order valence-corrected chi connectivity index (χ1v) is 10.5. The second kappa shape index (κ2) is 8.93. The summed E-state index contributed by atoms with van der Waals surface area (Å²) in [5.74, 6) is 2.64. The molecule has 27 heavy (non-hydrogen) atoms. The molecule has 3 heterocycles. The number of para-hydroxylation sites is 1. The fraction of sp³-hybridized carbons (Fsp3) is 0.667. The summed E-state index contributed by atoms with van der Waals surface area (Å²) in [4.78, 5) is 10.00. The maximum atomic E-state index is 6.02. The molecule has 0 radical (unpaired) electrons. The molecular formula is C21H33N5O. The van der Waals surface area contributed by atoms with Gasteiger partial charge in [0, 0.05) is 57.4 Å². The van der Waals surface area contributed by atoms with Crippen molar-refractivity contribution in [2.45, 2.75) is 32.4 Å². The Morgan fingerprint density at radius 2 is 1.96 bits per heavy atom. The van der Waals surface area contributed by atoms with Gasteiger partial charge in [0.05, 0.1) is 13.2 Å². The number of nitrogens with one attached hydrogen (secondary N) is 2. The Hall–Kier alpha value is -1.79. The molecule has 3 aliphatic heterocycles. The van der Waals surface area contributed by atoms with Gasteiger partial charge in [0.1, 0.15) is 5.75 Å². The Morgan fingerprint density at radius 3 is 2.67 bits per heavy atom. The van der Waals surface area contributed by atoms with Crippen molar-refractivity contribution >= 4 is 5.96 Å². The minimum Gasteiger partial charge on any atom is -0.493 e. The Kier molecular flexibility index (Phi) is 6.14. The van der Waals surface area contributed by atoms with E-state index in [9.17, 15) is 0 Å². The van der Waals surface area contributed by atoms with Crippen LogP contribution in [0.2, 0.25) is 0 Å². The number of benzene rings is 1. The standard InChI is InChI=1S/C21H33N5O/c1-2-22-21(24-14-19-15-25-9-11-26(19)12-10-25)23-13-18-5-3-4-6-20(18)27-16-17-7-8-17/h3-6,17,19H,2,7-16H2,1H3,(H2,22,23,24). The molecule has 1 aliphatic carbocycles. The molecule has 2 N–H and O–H groups in total. The van der Waals surface area contributed by atoms with Gasteiger partial charge < -0.3 is 15.4 Å². The summed E-state index contributed by atoms with van der Waals surface area (Å²) in [6.45, 7) is 11.4. The lowest BCUT2D eigenvalue weighted by Gasteiger charge is -2.47. The van der Waals surface area contributed by atoms with Crippen LogP contribution in [-0.2, 0) is 6.54 Å². The molecular weight excluding hydrogens is 338 g/mol. The predicted molar refractivity (Wildman–Crippen MR) is 109 cm³/mol. The normalized spacial score (nSPS) is 27.4. The number of hydrogen-bond donors (Lipinski definition) is 2. The van der Waals surface area contributed by atoms with Gasteiger partial charge in [-0.05, 0) is 31.7 Å². The third-order valence-electron chi connectivity index (χ3n) is 5.79. The van der Waals surface area contributed by atoms with E-state index < -0.39 is 0 Å². The van der Waals surface area contributed by atoms with Crippen molar-refractivity contribution in [2.24, 2.45) is 10.9 Å². The molecule has 0 spiro atoms. The molecule has 6 nitrogen and oxygen atoms in total. The first kappa shape index (κ1) is 18.6. The second-order valence-corrected chi connectivity index (χ2v) is 7.93. The van der Waals surface area contributed by atoms with Crippen molar-refractivity contribution < 1.29 is 4.74 Å². The van der Waals surface area contributed by atoms with E-state index in [1.165, 1.54) is 45.6 Å². The number of ether oxygens (including phenoxy) is 1. The Balaban J connectivity index is 1.33. The van der Waals surface area contributed by atoms with Crippen LogP contribution in [0.3, 0.4) is 0 Å². The summed E-state index contributed by atoms with van der Waals surface area (Å²) in [6, 6.07) is 8.88.